The molecule has 1 aromatic heterocycles. The fourth-order valence-corrected chi connectivity index (χ4v) is 2.50. The molecule has 0 atom stereocenters. The van der Waals surface area contributed by atoms with Gasteiger partial charge in [-0.1, -0.05) is 19.4 Å². The fraction of sp³-hybridized carbons (Fsp3) is 0. The van der Waals surface area contributed by atoms with Crippen molar-refractivity contribution in [3.05, 3.63) is 23.0 Å². The van der Waals surface area contributed by atoms with Gasteiger partial charge in [0.15, 0.2) is 12.0 Å². The van der Waals surface area contributed by atoms with Crippen LogP contribution in [-0.2, 0) is 0 Å². The smallest absolute Gasteiger partial charge is 0.310 e. The highest BCUT2D eigenvalue weighted by Crippen LogP contribution is 3.02. The number of nitrogens with zero attached hydrogens (tertiary/aromatic N) is 1. The summed E-state index contributed by atoms with van der Waals surface area (Å²) in [5.74, 6) is 0. The van der Waals surface area contributed by atoms with Crippen LogP contribution in [0.3, 0.4) is 0 Å². The molecule has 0 saturated heterocycles. The van der Waals surface area contributed by atoms with Crippen LogP contribution in [0.2, 0.25) is 0 Å². The predicted molar refractivity (Wildman–Crippen MR) is 53.1 cm³/mol. The number of aromatic nitrogens is 1. The molecule has 1 heterocycles. The molecule has 1 aromatic carbocycles. The van der Waals surface area contributed by atoms with Crippen LogP contribution in [0.5, 0.6) is 0 Å². The molecule has 2 nitrogen and oxygen atoms in total. The summed E-state index contributed by atoms with van der Waals surface area (Å²) in [5.41, 5.74) is -0.289. The second-order valence-electron chi connectivity index (χ2n) is 3.07. The number of rotatable bonds is 1. The lowest BCUT2D eigenvalue weighted by Crippen LogP contribution is -2.05. The van der Waals surface area contributed by atoms with Gasteiger partial charge in [0.1, 0.15) is 10.4 Å². The Morgan fingerprint density at radius 2 is 1.75 bits per heavy atom. The highest BCUT2D eigenvalue weighted by Gasteiger charge is 2.65. The van der Waals surface area contributed by atoms with Crippen molar-refractivity contribution < 1.29 is 23.8 Å². The Morgan fingerprint density at radius 3 is 2.31 bits per heavy atom. The van der Waals surface area contributed by atoms with E-state index in [4.69, 9.17) is 4.42 Å². The van der Waals surface area contributed by atoms with Gasteiger partial charge in [-0.2, -0.15) is 0 Å². The minimum atomic E-state index is -9.67. The molecule has 0 unspecified atom stereocenters. The third kappa shape index (κ3) is 2.01. The molecule has 0 spiro atoms. The van der Waals surface area contributed by atoms with Crippen LogP contribution >= 0.6 is 26.2 Å². The van der Waals surface area contributed by atoms with Gasteiger partial charge < -0.3 is 4.42 Å². The monoisotopic (exact) mass is 323 g/mol. The van der Waals surface area contributed by atoms with Crippen LogP contribution in [-0.4, -0.2) is 4.98 Å². The van der Waals surface area contributed by atoms with Gasteiger partial charge in [0.05, 0.1) is 4.47 Å². The summed E-state index contributed by atoms with van der Waals surface area (Å²) in [7, 11) is -9.67. The molecule has 0 fully saturated rings. The van der Waals surface area contributed by atoms with Crippen LogP contribution in [0.15, 0.2) is 32.3 Å². The predicted octanol–water partition coefficient (Wildman–Crippen LogP) is 5.25. The zero-order valence-corrected chi connectivity index (χ0v) is 9.67. The van der Waals surface area contributed by atoms with Crippen molar-refractivity contribution in [2.75, 3.05) is 0 Å². The minimum Gasteiger partial charge on any atom is -0.442 e. The molecule has 0 N–H and O–H groups in total. The first-order valence-electron chi connectivity index (χ1n) is 3.74. The first kappa shape index (κ1) is 11.6. The maximum atomic E-state index is 12.5. The van der Waals surface area contributed by atoms with Gasteiger partial charge in [-0.15, -0.1) is 0 Å². The second-order valence-corrected chi connectivity index (χ2v) is 6.34. The maximum Gasteiger partial charge on any atom is 0.310 e. The van der Waals surface area contributed by atoms with Crippen molar-refractivity contribution >= 4 is 37.3 Å². The summed E-state index contributed by atoms with van der Waals surface area (Å²) in [6, 6.07) is 0.556. The summed E-state index contributed by atoms with van der Waals surface area (Å²) in [5, 5.41) is 0. The zero-order valence-electron chi connectivity index (χ0n) is 7.26. The average molecular weight is 324 g/mol. The summed E-state index contributed by atoms with van der Waals surface area (Å²) in [4.78, 5) is 1.41. The first-order valence-corrected chi connectivity index (χ1v) is 6.49. The number of oxazole rings is 1. The third-order valence-corrected chi connectivity index (χ3v) is 3.52. The largest absolute Gasteiger partial charge is 0.442 e. The molecule has 16 heavy (non-hydrogen) atoms. The SMILES string of the molecule is FS(F)(F)(F)(F)c1cc(Br)c2ocnc2c1. The standard InChI is InChI=1S/C7H3BrF5NOS/c8-5-1-4(16(9,10,11,12)13)2-6-7(5)15-3-14-6/h1-3H. The molecule has 0 radical (unpaired) electrons. The van der Waals surface area contributed by atoms with Gasteiger partial charge in [-0.05, 0) is 28.1 Å². The lowest BCUT2D eigenvalue weighted by molar-refractivity contribution is 0.364. The Morgan fingerprint density at radius 1 is 1.12 bits per heavy atom. The Labute approximate surface area is 94.3 Å². The van der Waals surface area contributed by atoms with Gasteiger partial charge >= 0.3 is 10.2 Å². The molecule has 0 aliphatic heterocycles. The molecule has 0 aliphatic carbocycles. The molecule has 9 heteroatoms. The second kappa shape index (κ2) is 2.53. The Balaban J connectivity index is 2.83. The average Bonchev–Trinajstić information content (AvgIpc) is 2.47. The van der Waals surface area contributed by atoms with E-state index in [2.05, 4.69) is 20.9 Å². The fourth-order valence-electron chi connectivity index (χ4n) is 1.13. The van der Waals surface area contributed by atoms with E-state index in [9.17, 15) is 19.4 Å². The lowest BCUT2D eigenvalue weighted by Gasteiger charge is -2.40. The summed E-state index contributed by atoms with van der Waals surface area (Å²) < 4.78 is 66.9. The van der Waals surface area contributed by atoms with E-state index in [-0.39, 0.29) is 27.7 Å². The van der Waals surface area contributed by atoms with Crippen LogP contribution in [0, 0.1) is 0 Å². The quantitative estimate of drug-likeness (QED) is 0.670. The van der Waals surface area contributed by atoms with Gasteiger partial charge in [0.25, 0.3) is 0 Å². The lowest BCUT2D eigenvalue weighted by atomic mass is 10.3. The third-order valence-electron chi connectivity index (χ3n) is 1.81. The van der Waals surface area contributed by atoms with Crippen LogP contribution in [0.25, 0.3) is 11.1 Å². The molecule has 0 saturated carbocycles. The highest BCUT2D eigenvalue weighted by atomic mass is 79.9. The molecular weight excluding hydrogens is 321 g/mol. The number of hydrogen-bond acceptors (Lipinski definition) is 2. The normalized spacial score (nSPS) is 17.1. The van der Waals surface area contributed by atoms with E-state index >= 15 is 0 Å². The van der Waals surface area contributed by atoms with E-state index in [1.165, 1.54) is 0 Å². The van der Waals surface area contributed by atoms with Gasteiger partial charge in [-0.25, -0.2) is 4.98 Å². The van der Waals surface area contributed by atoms with Crippen molar-refractivity contribution in [3.8, 4) is 0 Å². The van der Waals surface area contributed by atoms with Crippen molar-refractivity contribution in [2.45, 2.75) is 4.90 Å². The van der Waals surface area contributed by atoms with E-state index in [0.29, 0.717) is 0 Å². The van der Waals surface area contributed by atoms with Crippen molar-refractivity contribution in [2.24, 2.45) is 0 Å². The Bertz CT molecular complexity index is 577. The Hall–Kier alpha value is -0.830. The number of hydrogen-bond donors (Lipinski definition) is 0. The number of halogens is 6. The molecular formula is C7H3BrF5NOS. The molecule has 2 rings (SSSR count). The molecule has 2 aromatic rings. The van der Waals surface area contributed by atoms with Crippen LogP contribution < -0.4 is 0 Å². The summed E-state index contributed by atoms with van der Waals surface area (Å²) in [6.07, 6.45) is 0.880. The molecule has 90 valence electrons. The van der Waals surface area contributed by atoms with Gasteiger partial charge in [0.2, 0.25) is 0 Å². The van der Waals surface area contributed by atoms with Crippen molar-refractivity contribution in [3.63, 3.8) is 0 Å². The zero-order chi connectivity index (χ0) is 12.3. The molecule has 0 bridgehead atoms. The van der Waals surface area contributed by atoms with Crippen LogP contribution in [0.4, 0.5) is 19.4 Å². The highest BCUT2D eigenvalue weighted by molar-refractivity contribution is 9.10. The van der Waals surface area contributed by atoms with Crippen molar-refractivity contribution in [1.29, 1.82) is 0 Å². The topological polar surface area (TPSA) is 26.0 Å². The van der Waals surface area contributed by atoms with Gasteiger partial charge in [-0.3, -0.25) is 0 Å². The molecule has 0 aliphatic rings. The summed E-state index contributed by atoms with van der Waals surface area (Å²) >= 11 is 2.72. The first-order chi connectivity index (χ1) is 6.97. The number of benzene rings is 1. The Kier molecular flexibility index (Phi) is 1.84. The maximum absolute atomic E-state index is 12.5. The van der Waals surface area contributed by atoms with Crippen LogP contribution in [0.1, 0.15) is 0 Å². The summed E-state index contributed by atoms with van der Waals surface area (Å²) in [6.45, 7) is 0. The minimum absolute atomic E-state index is 0.00870. The van der Waals surface area contributed by atoms with E-state index in [0.717, 1.165) is 6.39 Å². The van der Waals surface area contributed by atoms with E-state index in [1.54, 1.807) is 0 Å². The number of fused-ring (bicyclic) bond motifs is 1. The van der Waals surface area contributed by atoms with E-state index < -0.39 is 15.1 Å². The van der Waals surface area contributed by atoms with E-state index in [1.807, 2.05) is 0 Å². The molecule has 0 amide bonds. The van der Waals surface area contributed by atoms with Crippen molar-refractivity contribution in [1.82, 2.24) is 4.98 Å². The van der Waals surface area contributed by atoms with Gasteiger partial charge in [0, 0.05) is 0 Å².